The van der Waals surface area contributed by atoms with Crippen molar-refractivity contribution in [2.75, 3.05) is 0 Å². The van der Waals surface area contributed by atoms with Crippen LogP contribution in [-0.2, 0) is 11.8 Å². The predicted molar refractivity (Wildman–Crippen MR) is 67.8 cm³/mol. The molecule has 0 aliphatic carbocycles. The Balaban J connectivity index is 2.30. The summed E-state index contributed by atoms with van der Waals surface area (Å²) in [6, 6.07) is 11.0. The van der Waals surface area contributed by atoms with Crippen LogP contribution in [0.1, 0.15) is 18.2 Å². The molecule has 94 valence electrons. The summed E-state index contributed by atoms with van der Waals surface area (Å²) in [6.45, 7) is 0. The number of nitrogens with zero attached hydrogens (tertiary/aromatic N) is 2. The van der Waals surface area contributed by atoms with Gasteiger partial charge in [0.25, 0.3) is 0 Å². The quantitative estimate of drug-likeness (QED) is 0.856. The van der Waals surface area contributed by atoms with Crippen molar-refractivity contribution in [3.63, 3.8) is 0 Å². The lowest BCUT2D eigenvalue weighted by Crippen LogP contribution is -2.18. The van der Waals surface area contributed by atoms with Gasteiger partial charge in [-0.3, -0.25) is 9.48 Å². The van der Waals surface area contributed by atoms with Crippen molar-refractivity contribution in [2.45, 2.75) is 12.5 Å². The van der Waals surface area contributed by atoms with E-state index in [1.807, 2.05) is 36.4 Å². The van der Waals surface area contributed by atoms with Crippen LogP contribution in [-0.4, -0.2) is 20.9 Å². The molecule has 3 N–H and O–H groups in total. The Bertz CT molecular complexity index is 549. The molecule has 0 amide bonds. The number of carboxylic acid groups (broad SMARTS) is 1. The Morgan fingerprint density at radius 2 is 2.11 bits per heavy atom. The van der Waals surface area contributed by atoms with Crippen LogP contribution in [0.4, 0.5) is 0 Å². The van der Waals surface area contributed by atoms with Crippen LogP contribution in [0.15, 0.2) is 36.4 Å². The van der Waals surface area contributed by atoms with E-state index in [0.717, 1.165) is 17.0 Å². The highest BCUT2D eigenvalue weighted by Gasteiger charge is 2.16. The van der Waals surface area contributed by atoms with E-state index in [9.17, 15) is 4.79 Å². The second-order valence-electron chi connectivity index (χ2n) is 4.15. The monoisotopic (exact) mass is 245 g/mol. The van der Waals surface area contributed by atoms with Crippen molar-refractivity contribution in [1.29, 1.82) is 0 Å². The topological polar surface area (TPSA) is 81.1 Å². The molecule has 1 heterocycles. The molecule has 5 nitrogen and oxygen atoms in total. The number of hydrogen-bond donors (Lipinski definition) is 2. The van der Waals surface area contributed by atoms with Gasteiger partial charge in [-0.2, -0.15) is 5.10 Å². The predicted octanol–water partition coefficient (Wildman–Crippen LogP) is 1.56. The van der Waals surface area contributed by atoms with Crippen molar-refractivity contribution in [3.8, 4) is 11.3 Å². The number of carboxylic acids is 1. The van der Waals surface area contributed by atoms with Gasteiger partial charge in [0.15, 0.2) is 0 Å². The van der Waals surface area contributed by atoms with Crippen molar-refractivity contribution >= 4 is 5.97 Å². The average Bonchev–Trinajstić information content (AvgIpc) is 2.72. The number of rotatable bonds is 4. The maximum Gasteiger partial charge on any atom is 0.305 e. The van der Waals surface area contributed by atoms with Crippen molar-refractivity contribution in [1.82, 2.24) is 9.78 Å². The summed E-state index contributed by atoms with van der Waals surface area (Å²) in [4.78, 5) is 10.7. The number of nitrogens with two attached hydrogens (primary N) is 1. The largest absolute Gasteiger partial charge is 0.481 e. The van der Waals surface area contributed by atoms with Crippen molar-refractivity contribution in [3.05, 3.63) is 42.1 Å². The summed E-state index contributed by atoms with van der Waals surface area (Å²) in [6.07, 6.45) is -0.103. The van der Waals surface area contributed by atoms with E-state index < -0.39 is 12.0 Å². The SMILES string of the molecule is Cn1nc(-c2ccccc2)cc1C(N)CC(=O)O. The standard InChI is InChI=1S/C13H15N3O2/c1-16-12(10(14)7-13(17)18)8-11(15-16)9-5-3-2-4-6-9/h2-6,8,10H,7,14H2,1H3,(H,17,18). The zero-order chi connectivity index (χ0) is 13.1. The van der Waals surface area contributed by atoms with Gasteiger partial charge in [0, 0.05) is 12.6 Å². The molecule has 0 spiro atoms. The molecule has 0 aliphatic rings. The van der Waals surface area contributed by atoms with E-state index in [1.165, 1.54) is 0 Å². The van der Waals surface area contributed by atoms with Gasteiger partial charge in [0.05, 0.1) is 23.9 Å². The minimum absolute atomic E-state index is 0.103. The van der Waals surface area contributed by atoms with Gasteiger partial charge in [-0.25, -0.2) is 0 Å². The van der Waals surface area contributed by atoms with Gasteiger partial charge < -0.3 is 10.8 Å². The van der Waals surface area contributed by atoms with Gasteiger partial charge >= 0.3 is 5.97 Å². The third-order valence-electron chi connectivity index (χ3n) is 2.76. The van der Waals surface area contributed by atoms with E-state index in [1.54, 1.807) is 11.7 Å². The Labute approximate surface area is 105 Å². The van der Waals surface area contributed by atoms with Crippen LogP contribution < -0.4 is 5.73 Å². The molecule has 0 saturated carbocycles. The van der Waals surface area contributed by atoms with Gasteiger partial charge in [0.2, 0.25) is 0 Å². The number of benzene rings is 1. The molecule has 1 atom stereocenters. The Kier molecular flexibility index (Phi) is 3.43. The molecule has 1 aromatic carbocycles. The Hall–Kier alpha value is -2.14. The average molecular weight is 245 g/mol. The Morgan fingerprint density at radius 1 is 1.44 bits per heavy atom. The van der Waals surface area contributed by atoms with Crippen molar-refractivity contribution < 1.29 is 9.90 Å². The highest BCUT2D eigenvalue weighted by atomic mass is 16.4. The molecule has 1 aromatic heterocycles. The van der Waals surface area contributed by atoms with Gasteiger partial charge in [-0.05, 0) is 6.07 Å². The van der Waals surface area contributed by atoms with Gasteiger partial charge in [0.1, 0.15) is 0 Å². The summed E-state index contributed by atoms with van der Waals surface area (Å²) in [5, 5.41) is 13.1. The first kappa shape index (κ1) is 12.3. The minimum Gasteiger partial charge on any atom is -0.481 e. The lowest BCUT2D eigenvalue weighted by atomic mass is 10.1. The summed E-state index contributed by atoms with van der Waals surface area (Å²) >= 11 is 0. The molecule has 0 saturated heterocycles. The smallest absolute Gasteiger partial charge is 0.305 e. The van der Waals surface area contributed by atoms with Crippen LogP contribution >= 0.6 is 0 Å². The zero-order valence-corrected chi connectivity index (χ0v) is 10.1. The van der Waals surface area contributed by atoms with Crippen LogP contribution in [0, 0.1) is 0 Å². The van der Waals surface area contributed by atoms with Crippen LogP contribution in [0.25, 0.3) is 11.3 Å². The highest BCUT2D eigenvalue weighted by Crippen LogP contribution is 2.22. The fourth-order valence-electron chi connectivity index (χ4n) is 1.87. The summed E-state index contributed by atoms with van der Waals surface area (Å²) < 4.78 is 1.63. The summed E-state index contributed by atoms with van der Waals surface area (Å²) in [5.41, 5.74) is 8.35. The molecule has 5 heteroatoms. The van der Waals surface area contributed by atoms with Crippen molar-refractivity contribution in [2.24, 2.45) is 12.8 Å². The molecule has 0 bridgehead atoms. The van der Waals surface area contributed by atoms with Gasteiger partial charge in [-0.1, -0.05) is 30.3 Å². The molecule has 2 rings (SSSR count). The Morgan fingerprint density at radius 3 is 2.72 bits per heavy atom. The van der Waals surface area contributed by atoms with E-state index in [-0.39, 0.29) is 6.42 Å². The number of hydrogen-bond acceptors (Lipinski definition) is 3. The lowest BCUT2D eigenvalue weighted by Gasteiger charge is -2.08. The number of aromatic nitrogens is 2. The van der Waals surface area contributed by atoms with Crippen LogP contribution in [0.5, 0.6) is 0 Å². The van der Waals surface area contributed by atoms with E-state index in [2.05, 4.69) is 5.10 Å². The second-order valence-corrected chi connectivity index (χ2v) is 4.15. The summed E-state index contributed by atoms with van der Waals surface area (Å²) in [7, 11) is 1.77. The minimum atomic E-state index is -0.912. The molecular weight excluding hydrogens is 230 g/mol. The molecule has 1 unspecified atom stereocenters. The van der Waals surface area contributed by atoms with E-state index in [0.29, 0.717) is 0 Å². The fourth-order valence-corrected chi connectivity index (χ4v) is 1.87. The molecular formula is C13H15N3O2. The highest BCUT2D eigenvalue weighted by molar-refractivity contribution is 5.68. The first-order valence-corrected chi connectivity index (χ1v) is 5.64. The molecule has 0 radical (unpaired) electrons. The maximum absolute atomic E-state index is 10.7. The molecule has 0 fully saturated rings. The van der Waals surface area contributed by atoms with E-state index in [4.69, 9.17) is 10.8 Å². The fraction of sp³-hybridized carbons (Fsp3) is 0.231. The number of aryl methyl sites for hydroxylation is 1. The second kappa shape index (κ2) is 5.01. The molecule has 18 heavy (non-hydrogen) atoms. The van der Waals surface area contributed by atoms with Crippen LogP contribution in [0.2, 0.25) is 0 Å². The normalized spacial score (nSPS) is 12.3. The third kappa shape index (κ3) is 2.57. The molecule has 0 aliphatic heterocycles. The molecule has 2 aromatic rings. The number of carbonyl (C=O) groups is 1. The van der Waals surface area contributed by atoms with Crippen LogP contribution in [0.3, 0.4) is 0 Å². The van der Waals surface area contributed by atoms with Gasteiger partial charge in [-0.15, -0.1) is 0 Å². The first-order chi connectivity index (χ1) is 8.58. The lowest BCUT2D eigenvalue weighted by molar-refractivity contribution is -0.137. The number of aliphatic carboxylic acids is 1. The first-order valence-electron chi connectivity index (χ1n) is 5.64. The summed E-state index contributed by atoms with van der Waals surface area (Å²) in [5.74, 6) is -0.912. The third-order valence-corrected chi connectivity index (χ3v) is 2.76. The maximum atomic E-state index is 10.7. The van der Waals surface area contributed by atoms with E-state index >= 15 is 0 Å². The zero-order valence-electron chi connectivity index (χ0n) is 10.1.